The molecular formula is C15H14F3NO. The molecular weight excluding hydrogens is 267 g/mol. The van der Waals surface area contributed by atoms with E-state index < -0.39 is 18.0 Å². The molecule has 0 aromatic heterocycles. The molecule has 0 aliphatic carbocycles. The van der Waals surface area contributed by atoms with Crippen molar-refractivity contribution in [2.45, 2.75) is 19.3 Å². The molecule has 0 heterocycles. The molecule has 0 amide bonds. The number of para-hydroxylation sites is 1. The molecule has 0 saturated carbocycles. The second kappa shape index (κ2) is 5.54. The third-order valence-electron chi connectivity index (χ3n) is 3.00. The lowest BCUT2D eigenvalue weighted by Crippen LogP contribution is -2.17. The van der Waals surface area contributed by atoms with Crippen molar-refractivity contribution in [3.63, 3.8) is 0 Å². The van der Waals surface area contributed by atoms with Crippen LogP contribution in [0.25, 0.3) is 0 Å². The Hall–Kier alpha value is -2.01. The van der Waals surface area contributed by atoms with Crippen molar-refractivity contribution < 1.29 is 18.3 Å². The number of benzene rings is 2. The summed E-state index contributed by atoms with van der Waals surface area (Å²) in [7, 11) is 0. The largest absolute Gasteiger partial charge is 0.416 e. The SMILES string of the molecule is Cc1ccccc1NC(O)c1ccccc1C(F)(F)F. The van der Waals surface area contributed by atoms with Crippen molar-refractivity contribution >= 4 is 5.69 Å². The first-order valence-corrected chi connectivity index (χ1v) is 6.06. The molecule has 0 saturated heterocycles. The number of aliphatic hydroxyl groups is 1. The average molecular weight is 281 g/mol. The number of anilines is 1. The molecule has 0 radical (unpaired) electrons. The minimum atomic E-state index is -4.50. The van der Waals surface area contributed by atoms with Crippen molar-refractivity contribution in [1.29, 1.82) is 0 Å². The standard InChI is InChI=1S/C15H14F3NO/c1-10-6-2-5-9-13(10)19-14(20)11-7-3-4-8-12(11)15(16,17)18/h2-9,14,19-20H,1H3. The number of halogens is 3. The van der Waals surface area contributed by atoms with Gasteiger partial charge in [0.25, 0.3) is 0 Å². The van der Waals surface area contributed by atoms with Crippen LogP contribution in [0, 0.1) is 6.92 Å². The molecule has 2 rings (SSSR count). The Morgan fingerprint density at radius 2 is 1.60 bits per heavy atom. The summed E-state index contributed by atoms with van der Waals surface area (Å²) in [5.74, 6) is 0. The number of aliphatic hydroxyl groups excluding tert-OH is 1. The monoisotopic (exact) mass is 281 g/mol. The number of hydrogen-bond acceptors (Lipinski definition) is 2. The average Bonchev–Trinajstić information content (AvgIpc) is 2.40. The third-order valence-corrected chi connectivity index (χ3v) is 3.00. The first-order valence-electron chi connectivity index (χ1n) is 6.06. The quantitative estimate of drug-likeness (QED) is 0.830. The van der Waals surface area contributed by atoms with Crippen LogP contribution in [0.4, 0.5) is 18.9 Å². The van der Waals surface area contributed by atoms with Gasteiger partial charge in [0.15, 0.2) is 6.23 Å². The molecule has 106 valence electrons. The number of alkyl halides is 3. The van der Waals surface area contributed by atoms with Crippen molar-refractivity contribution in [1.82, 2.24) is 0 Å². The van der Waals surface area contributed by atoms with Crippen LogP contribution in [-0.4, -0.2) is 5.11 Å². The first-order chi connectivity index (χ1) is 9.39. The zero-order valence-electron chi connectivity index (χ0n) is 10.8. The summed E-state index contributed by atoms with van der Waals surface area (Å²) < 4.78 is 38.7. The van der Waals surface area contributed by atoms with Crippen LogP contribution in [0.2, 0.25) is 0 Å². The fraction of sp³-hybridized carbons (Fsp3) is 0.200. The number of rotatable bonds is 3. The van der Waals surface area contributed by atoms with Gasteiger partial charge in [-0.1, -0.05) is 36.4 Å². The van der Waals surface area contributed by atoms with E-state index in [0.717, 1.165) is 11.6 Å². The van der Waals surface area contributed by atoms with Crippen molar-refractivity contribution in [2.24, 2.45) is 0 Å². The predicted octanol–water partition coefficient (Wildman–Crippen LogP) is 4.12. The molecule has 2 nitrogen and oxygen atoms in total. The second-order valence-corrected chi connectivity index (χ2v) is 4.45. The first kappa shape index (κ1) is 14.4. The van der Waals surface area contributed by atoms with Crippen LogP contribution in [0.1, 0.15) is 22.9 Å². The predicted molar refractivity (Wildman–Crippen MR) is 71.2 cm³/mol. The minimum absolute atomic E-state index is 0.191. The Morgan fingerprint density at radius 3 is 2.25 bits per heavy atom. The zero-order chi connectivity index (χ0) is 14.8. The Morgan fingerprint density at radius 1 is 1.00 bits per heavy atom. The highest BCUT2D eigenvalue weighted by Gasteiger charge is 2.34. The van der Waals surface area contributed by atoms with Gasteiger partial charge in [0.1, 0.15) is 0 Å². The van der Waals surface area contributed by atoms with Gasteiger partial charge in [0.2, 0.25) is 0 Å². The van der Waals surface area contributed by atoms with Crippen LogP contribution in [0.3, 0.4) is 0 Å². The van der Waals surface area contributed by atoms with Gasteiger partial charge in [-0.3, -0.25) is 0 Å². The van der Waals surface area contributed by atoms with E-state index in [9.17, 15) is 18.3 Å². The molecule has 1 unspecified atom stereocenters. The molecule has 2 aromatic rings. The lowest BCUT2D eigenvalue weighted by atomic mass is 10.1. The van der Waals surface area contributed by atoms with Gasteiger partial charge >= 0.3 is 6.18 Å². The minimum Gasteiger partial charge on any atom is -0.369 e. The number of hydrogen-bond donors (Lipinski definition) is 2. The number of aryl methyl sites for hydroxylation is 1. The molecule has 2 N–H and O–H groups in total. The molecule has 20 heavy (non-hydrogen) atoms. The van der Waals surface area contributed by atoms with Crippen LogP contribution < -0.4 is 5.32 Å². The van der Waals surface area contributed by atoms with Gasteiger partial charge in [-0.05, 0) is 24.6 Å². The van der Waals surface area contributed by atoms with Gasteiger partial charge < -0.3 is 10.4 Å². The summed E-state index contributed by atoms with van der Waals surface area (Å²) in [5, 5.41) is 12.7. The molecule has 0 spiro atoms. The summed E-state index contributed by atoms with van der Waals surface area (Å²) in [6, 6.07) is 12.1. The van der Waals surface area contributed by atoms with E-state index in [1.807, 2.05) is 19.1 Å². The van der Waals surface area contributed by atoms with Crippen LogP contribution in [0.5, 0.6) is 0 Å². The van der Waals surface area contributed by atoms with Gasteiger partial charge in [-0.15, -0.1) is 0 Å². The molecule has 0 fully saturated rings. The highest BCUT2D eigenvalue weighted by Crippen LogP contribution is 2.34. The Labute approximate surface area is 114 Å². The summed E-state index contributed by atoms with van der Waals surface area (Å²) >= 11 is 0. The van der Waals surface area contributed by atoms with Crippen LogP contribution >= 0.6 is 0 Å². The Bertz CT molecular complexity index is 596. The normalized spacial score (nSPS) is 13.1. The van der Waals surface area contributed by atoms with E-state index >= 15 is 0 Å². The zero-order valence-corrected chi connectivity index (χ0v) is 10.8. The molecule has 0 aliphatic rings. The van der Waals surface area contributed by atoms with Crippen LogP contribution in [0.15, 0.2) is 48.5 Å². The van der Waals surface area contributed by atoms with Gasteiger partial charge in [-0.25, -0.2) is 0 Å². The summed E-state index contributed by atoms with van der Waals surface area (Å²) in [6.45, 7) is 1.81. The van der Waals surface area contributed by atoms with E-state index in [1.54, 1.807) is 12.1 Å². The fourth-order valence-electron chi connectivity index (χ4n) is 1.95. The second-order valence-electron chi connectivity index (χ2n) is 4.45. The Balaban J connectivity index is 2.31. The van der Waals surface area contributed by atoms with Gasteiger partial charge in [0.05, 0.1) is 5.56 Å². The number of nitrogens with one attached hydrogen (secondary N) is 1. The van der Waals surface area contributed by atoms with E-state index in [-0.39, 0.29) is 5.56 Å². The molecule has 2 aromatic carbocycles. The van der Waals surface area contributed by atoms with Crippen molar-refractivity contribution in [3.05, 3.63) is 65.2 Å². The Kier molecular flexibility index (Phi) is 3.99. The fourth-order valence-corrected chi connectivity index (χ4v) is 1.95. The highest BCUT2D eigenvalue weighted by atomic mass is 19.4. The maximum absolute atomic E-state index is 12.9. The van der Waals surface area contributed by atoms with E-state index in [0.29, 0.717) is 5.69 Å². The summed E-state index contributed by atoms with van der Waals surface area (Å²) in [4.78, 5) is 0. The maximum atomic E-state index is 12.9. The lowest BCUT2D eigenvalue weighted by Gasteiger charge is -2.20. The summed E-state index contributed by atoms with van der Waals surface area (Å²) in [5.41, 5.74) is 0.407. The van der Waals surface area contributed by atoms with Gasteiger partial charge in [0, 0.05) is 11.3 Å². The molecule has 0 aliphatic heterocycles. The molecule has 0 bridgehead atoms. The van der Waals surface area contributed by atoms with Crippen LogP contribution in [-0.2, 0) is 6.18 Å². The van der Waals surface area contributed by atoms with E-state index in [4.69, 9.17) is 0 Å². The van der Waals surface area contributed by atoms with Crippen molar-refractivity contribution in [3.8, 4) is 0 Å². The van der Waals surface area contributed by atoms with Gasteiger partial charge in [-0.2, -0.15) is 13.2 Å². The van der Waals surface area contributed by atoms with E-state index in [2.05, 4.69) is 5.32 Å². The third kappa shape index (κ3) is 3.11. The maximum Gasteiger partial charge on any atom is 0.416 e. The highest BCUT2D eigenvalue weighted by molar-refractivity contribution is 5.52. The molecule has 1 atom stereocenters. The summed E-state index contributed by atoms with van der Waals surface area (Å²) in [6.07, 6.45) is -5.92. The molecule has 5 heteroatoms. The smallest absolute Gasteiger partial charge is 0.369 e. The topological polar surface area (TPSA) is 32.3 Å². The lowest BCUT2D eigenvalue weighted by molar-refractivity contribution is -0.139. The van der Waals surface area contributed by atoms with Crippen molar-refractivity contribution in [2.75, 3.05) is 5.32 Å². The van der Waals surface area contributed by atoms with E-state index in [1.165, 1.54) is 18.2 Å².